The van der Waals surface area contributed by atoms with Gasteiger partial charge in [0.15, 0.2) is 0 Å². The summed E-state index contributed by atoms with van der Waals surface area (Å²) in [5.41, 5.74) is 12.9. The standard InChI is InChI=1S/C24H23BN2/c1-26-20-11-6-5-10-18(20)25-19-14-16-8-3-4-9-17(16)15-23(19)27(2)22-13-7-12-21(26)24(22)25/h5-7,10-15H,3-4,8-9H2,1-2H3. The molecule has 6 rings (SSSR count). The van der Waals surface area contributed by atoms with E-state index in [0.29, 0.717) is 6.71 Å². The summed E-state index contributed by atoms with van der Waals surface area (Å²) in [4.78, 5) is 4.78. The molecular weight excluding hydrogens is 327 g/mol. The van der Waals surface area contributed by atoms with Gasteiger partial charge in [-0.25, -0.2) is 0 Å². The molecule has 2 heterocycles. The van der Waals surface area contributed by atoms with Crippen molar-refractivity contribution in [2.24, 2.45) is 0 Å². The zero-order valence-electron chi connectivity index (χ0n) is 16.0. The molecule has 0 saturated carbocycles. The molecule has 2 nitrogen and oxygen atoms in total. The first-order valence-electron chi connectivity index (χ1n) is 10.1. The summed E-state index contributed by atoms with van der Waals surface area (Å²) in [6, 6.07) is 20.7. The molecule has 3 aliphatic rings. The molecule has 3 aromatic rings. The fourth-order valence-corrected chi connectivity index (χ4v) is 5.51. The number of nitrogens with zero attached hydrogens (tertiary/aromatic N) is 2. The molecule has 0 saturated heterocycles. The molecule has 132 valence electrons. The van der Waals surface area contributed by atoms with Crippen LogP contribution in [0.3, 0.4) is 0 Å². The van der Waals surface area contributed by atoms with Crippen LogP contribution >= 0.6 is 0 Å². The van der Waals surface area contributed by atoms with Crippen LogP contribution in [0.15, 0.2) is 54.6 Å². The molecule has 0 spiro atoms. The van der Waals surface area contributed by atoms with E-state index >= 15 is 0 Å². The molecular formula is C24H23BN2. The molecule has 0 unspecified atom stereocenters. The molecule has 3 aromatic carbocycles. The van der Waals surface area contributed by atoms with Crippen molar-refractivity contribution in [3.05, 3.63) is 65.7 Å². The van der Waals surface area contributed by atoms with E-state index in [0.717, 1.165) is 0 Å². The van der Waals surface area contributed by atoms with Crippen LogP contribution < -0.4 is 26.2 Å². The lowest BCUT2D eigenvalue weighted by Gasteiger charge is -2.42. The van der Waals surface area contributed by atoms with Crippen LogP contribution in [-0.2, 0) is 12.8 Å². The highest BCUT2D eigenvalue weighted by atomic mass is 15.1. The van der Waals surface area contributed by atoms with Crippen LogP contribution in [-0.4, -0.2) is 20.8 Å². The van der Waals surface area contributed by atoms with Gasteiger partial charge >= 0.3 is 0 Å². The van der Waals surface area contributed by atoms with E-state index in [1.54, 1.807) is 11.1 Å². The Hall–Kier alpha value is -2.68. The molecule has 0 fully saturated rings. The maximum Gasteiger partial charge on any atom is 0.252 e. The summed E-state index contributed by atoms with van der Waals surface area (Å²) in [5.74, 6) is 0. The smallest absolute Gasteiger partial charge is 0.252 e. The lowest BCUT2D eigenvalue weighted by atomic mass is 9.33. The minimum Gasteiger partial charge on any atom is -0.345 e. The van der Waals surface area contributed by atoms with E-state index in [1.807, 2.05) is 0 Å². The van der Waals surface area contributed by atoms with Crippen molar-refractivity contribution in [1.82, 2.24) is 0 Å². The lowest BCUT2D eigenvalue weighted by molar-refractivity contribution is 0.686. The average Bonchev–Trinajstić information content (AvgIpc) is 2.72. The van der Waals surface area contributed by atoms with Gasteiger partial charge in [0.1, 0.15) is 0 Å². The van der Waals surface area contributed by atoms with Crippen LogP contribution in [0.1, 0.15) is 24.0 Å². The number of anilines is 4. The quantitative estimate of drug-likeness (QED) is 0.575. The van der Waals surface area contributed by atoms with Crippen LogP contribution in [0.4, 0.5) is 22.7 Å². The first-order chi connectivity index (χ1) is 13.2. The van der Waals surface area contributed by atoms with Crippen molar-refractivity contribution in [1.29, 1.82) is 0 Å². The Bertz CT molecular complexity index is 1090. The normalized spacial score (nSPS) is 16.4. The van der Waals surface area contributed by atoms with Gasteiger partial charge in [0, 0.05) is 36.8 Å². The summed E-state index contributed by atoms with van der Waals surface area (Å²) >= 11 is 0. The summed E-state index contributed by atoms with van der Waals surface area (Å²) in [5, 5.41) is 0. The molecule has 27 heavy (non-hydrogen) atoms. The van der Waals surface area contributed by atoms with Gasteiger partial charge in [0.25, 0.3) is 6.71 Å². The summed E-state index contributed by atoms with van der Waals surface area (Å²) in [6.07, 6.45) is 5.11. The third-order valence-corrected chi connectivity index (χ3v) is 6.84. The molecule has 0 bridgehead atoms. The van der Waals surface area contributed by atoms with Crippen molar-refractivity contribution in [3.8, 4) is 0 Å². The predicted molar refractivity (Wildman–Crippen MR) is 117 cm³/mol. The number of benzene rings is 3. The topological polar surface area (TPSA) is 6.48 Å². The summed E-state index contributed by atoms with van der Waals surface area (Å²) in [6.45, 7) is 0.335. The molecule has 3 heteroatoms. The van der Waals surface area contributed by atoms with E-state index in [2.05, 4.69) is 78.5 Å². The summed E-state index contributed by atoms with van der Waals surface area (Å²) in [7, 11) is 4.44. The Labute approximate surface area is 161 Å². The van der Waals surface area contributed by atoms with Gasteiger partial charge in [0.05, 0.1) is 0 Å². The number of para-hydroxylation sites is 1. The van der Waals surface area contributed by atoms with Gasteiger partial charge in [-0.2, -0.15) is 0 Å². The van der Waals surface area contributed by atoms with Crippen molar-refractivity contribution < 1.29 is 0 Å². The lowest BCUT2D eigenvalue weighted by Crippen LogP contribution is -2.61. The van der Waals surface area contributed by atoms with Gasteiger partial charge in [-0.1, -0.05) is 30.3 Å². The predicted octanol–water partition coefficient (Wildman–Crippen LogP) is 3.24. The van der Waals surface area contributed by atoms with Crippen LogP contribution in [0.25, 0.3) is 0 Å². The van der Waals surface area contributed by atoms with Gasteiger partial charge in [-0.15, -0.1) is 0 Å². The molecule has 0 atom stereocenters. The highest BCUT2D eigenvalue weighted by Crippen LogP contribution is 2.37. The second-order valence-electron chi connectivity index (χ2n) is 8.21. The van der Waals surface area contributed by atoms with Crippen LogP contribution in [0, 0.1) is 0 Å². The Morgan fingerprint density at radius 1 is 0.667 bits per heavy atom. The first kappa shape index (κ1) is 15.4. The maximum absolute atomic E-state index is 2.53. The second kappa shape index (κ2) is 5.42. The van der Waals surface area contributed by atoms with E-state index in [1.165, 1.54) is 64.8 Å². The molecule has 0 aromatic heterocycles. The monoisotopic (exact) mass is 350 g/mol. The number of fused-ring (bicyclic) bond motifs is 5. The first-order valence-corrected chi connectivity index (χ1v) is 10.1. The molecule has 2 aliphatic heterocycles. The molecule has 0 radical (unpaired) electrons. The number of hydrogen-bond donors (Lipinski definition) is 0. The van der Waals surface area contributed by atoms with E-state index < -0.39 is 0 Å². The van der Waals surface area contributed by atoms with Crippen molar-refractivity contribution >= 4 is 45.9 Å². The summed E-state index contributed by atoms with van der Waals surface area (Å²) < 4.78 is 0. The molecule has 1 aliphatic carbocycles. The van der Waals surface area contributed by atoms with Crippen molar-refractivity contribution in [2.45, 2.75) is 25.7 Å². The fourth-order valence-electron chi connectivity index (χ4n) is 5.51. The third kappa shape index (κ3) is 1.97. The minimum atomic E-state index is 0.335. The second-order valence-corrected chi connectivity index (χ2v) is 8.21. The Balaban J connectivity index is 1.69. The Morgan fingerprint density at radius 3 is 2.07 bits per heavy atom. The van der Waals surface area contributed by atoms with E-state index in [-0.39, 0.29) is 0 Å². The molecule has 0 amide bonds. The number of rotatable bonds is 0. The number of aryl methyl sites for hydroxylation is 2. The highest BCUT2D eigenvalue weighted by molar-refractivity contribution is 7.00. The van der Waals surface area contributed by atoms with Gasteiger partial charge < -0.3 is 9.80 Å². The Kier molecular flexibility index (Phi) is 3.09. The fraction of sp³-hybridized carbons (Fsp3) is 0.250. The zero-order chi connectivity index (χ0) is 18.1. The average molecular weight is 350 g/mol. The zero-order valence-corrected chi connectivity index (χ0v) is 16.0. The van der Waals surface area contributed by atoms with Crippen molar-refractivity contribution in [3.63, 3.8) is 0 Å². The highest BCUT2D eigenvalue weighted by Gasteiger charge is 2.40. The van der Waals surface area contributed by atoms with Gasteiger partial charge in [-0.3, -0.25) is 0 Å². The van der Waals surface area contributed by atoms with E-state index in [9.17, 15) is 0 Å². The third-order valence-electron chi connectivity index (χ3n) is 6.84. The van der Waals surface area contributed by atoms with Crippen LogP contribution in [0.5, 0.6) is 0 Å². The minimum absolute atomic E-state index is 0.335. The number of hydrogen-bond acceptors (Lipinski definition) is 2. The molecule has 0 N–H and O–H groups in total. The van der Waals surface area contributed by atoms with Crippen LogP contribution in [0.2, 0.25) is 0 Å². The van der Waals surface area contributed by atoms with E-state index in [4.69, 9.17) is 0 Å². The van der Waals surface area contributed by atoms with Crippen molar-refractivity contribution in [2.75, 3.05) is 23.9 Å². The van der Waals surface area contributed by atoms with Gasteiger partial charge in [0.2, 0.25) is 0 Å². The Morgan fingerprint density at radius 2 is 1.30 bits per heavy atom. The van der Waals surface area contributed by atoms with Gasteiger partial charge in [-0.05, 0) is 77.5 Å². The largest absolute Gasteiger partial charge is 0.345 e. The SMILES string of the molecule is CN1c2ccccc2B2c3cc4c(cc3N(C)c3cccc1c32)CCCC4. The maximum atomic E-state index is 2.53.